The fraction of sp³-hybridized carbons (Fsp3) is 0.462. The quantitative estimate of drug-likeness (QED) is 0.845. The second kappa shape index (κ2) is 5.55. The van der Waals surface area contributed by atoms with Crippen molar-refractivity contribution in [1.29, 1.82) is 5.26 Å². The van der Waals surface area contributed by atoms with Crippen molar-refractivity contribution in [3.05, 3.63) is 24.3 Å². The van der Waals surface area contributed by atoms with Crippen molar-refractivity contribution in [3.63, 3.8) is 0 Å². The lowest BCUT2D eigenvalue weighted by atomic mass is 9.89. The van der Waals surface area contributed by atoms with Gasteiger partial charge in [0.05, 0.1) is 6.10 Å². The standard InChI is InChI=1S/C13H16N2O2/c1-16-13-8-11(9-13)15-10-2-4-12(5-3-10)17-7-6-14/h2-5,11,13,15H,7-9H2,1H3. The van der Waals surface area contributed by atoms with E-state index in [-0.39, 0.29) is 6.61 Å². The van der Waals surface area contributed by atoms with Crippen molar-refractivity contribution >= 4 is 5.69 Å². The third kappa shape index (κ3) is 3.11. The van der Waals surface area contributed by atoms with Gasteiger partial charge in [-0.3, -0.25) is 0 Å². The Kier molecular flexibility index (Phi) is 3.84. The molecule has 0 atom stereocenters. The Bertz CT molecular complexity index is 391. The van der Waals surface area contributed by atoms with E-state index in [1.54, 1.807) is 7.11 Å². The fourth-order valence-electron chi connectivity index (χ4n) is 1.87. The molecule has 1 fully saturated rings. The van der Waals surface area contributed by atoms with Gasteiger partial charge in [0.2, 0.25) is 0 Å². The summed E-state index contributed by atoms with van der Waals surface area (Å²) in [5, 5.41) is 11.8. The minimum atomic E-state index is 0.0882. The first kappa shape index (κ1) is 11.7. The maximum Gasteiger partial charge on any atom is 0.174 e. The summed E-state index contributed by atoms with van der Waals surface area (Å²) in [5.41, 5.74) is 1.08. The zero-order valence-corrected chi connectivity index (χ0v) is 9.85. The highest BCUT2D eigenvalue weighted by atomic mass is 16.5. The van der Waals surface area contributed by atoms with E-state index in [1.165, 1.54) is 0 Å². The van der Waals surface area contributed by atoms with Crippen molar-refractivity contribution in [1.82, 2.24) is 0 Å². The Labute approximate surface area is 101 Å². The number of nitrogens with zero attached hydrogens (tertiary/aromatic N) is 1. The number of hydrogen-bond donors (Lipinski definition) is 1. The molecule has 1 aromatic rings. The maximum atomic E-state index is 8.39. The molecule has 0 unspecified atom stereocenters. The summed E-state index contributed by atoms with van der Waals surface area (Å²) in [6.07, 6.45) is 2.53. The summed E-state index contributed by atoms with van der Waals surface area (Å²) in [6.45, 7) is 0.0882. The summed E-state index contributed by atoms with van der Waals surface area (Å²) in [4.78, 5) is 0. The number of anilines is 1. The van der Waals surface area contributed by atoms with Gasteiger partial charge in [-0.2, -0.15) is 5.26 Å². The van der Waals surface area contributed by atoms with Crippen LogP contribution in [0.2, 0.25) is 0 Å². The highest BCUT2D eigenvalue weighted by Crippen LogP contribution is 2.26. The van der Waals surface area contributed by atoms with E-state index in [4.69, 9.17) is 14.7 Å². The summed E-state index contributed by atoms with van der Waals surface area (Å²) >= 11 is 0. The minimum absolute atomic E-state index is 0.0882. The van der Waals surface area contributed by atoms with Gasteiger partial charge < -0.3 is 14.8 Å². The number of nitrogens with one attached hydrogen (secondary N) is 1. The van der Waals surface area contributed by atoms with E-state index in [0.717, 1.165) is 24.3 Å². The first-order valence-electron chi connectivity index (χ1n) is 5.71. The molecule has 1 aliphatic carbocycles. The predicted octanol–water partition coefficient (Wildman–Crippen LogP) is 2.18. The van der Waals surface area contributed by atoms with Gasteiger partial charge in [0.1, 0.15) is 11.8 Å². The van der Waals surface area contributed by atoms with E-state index in [1.807, 2.05) is 30.3 Å². The average Bonchev–Trinajstić information content (AvgIpc) is 2.32. The Morgan fingerprint density at radius 3 is 2.65 bits per heavy atom. The van der Waals surface area contributed by atoms with Crippen LogP contribution in [0.15, 0.2) is 24.3 Å². The normalized spacial score (nSPS) is 22.4. The van der Waals surface area contributed by atoms with E-state index in [9.17, 15) is 0 Å². The molecule has 17 heavy (non-hydrogen) atoms. The molecule has 0 heterocycles. The van der Waals surface area contributed by atoms with Crippen molar-refractivity contribution in [2.24, 2.45) is 0 Å². The van der Waals surface area contributed by atoms with Crippen LogP contribution in [0.5, 0.6) is 5.75 Å². The highest BCUT2D eigenvalue weighted by molar-refractivity contribution is 5.47. The first-order valence-corrected chi connectivity index (χ1v) is 5.71. The van der Waals surface area contributed by atoms with Crippen LogP contribution in [0.25, 0.3) is 0 Å². The van der Waals surface area contributed by atoms with Crippen molar-refractivity contribution in [3.8, 4) is 11.8 Å². The number of benzene rings is 1. The number of nitriles is 1. The molecule has 0 amide bonds. The van der Waals surface area contributed by atoms with Crippen LogP contribution in [0.3, 0.4) is 0 Å². The molecule has 90 valence electrons. The van der Waals surface area contributed by atoms with Gasteiger partial charge in [0, 0.05) is 18.8 Å². The monoisotopic (exact) mass is 232 g/mol. The summed E-state index contributed by atoms with van der Waals surface area (Å²) in [7, 11) is 1.75. The highest BCUT2D eigenvalue weighted by Gasteiger charge is 2.28. The van der Waals surface area contributed by atoms with Crippen LogP contribution < -0.4 is 10.1 Å². The molecule has 4 nitrogen and oxygen atoms in total. The first-order chi connectivity index (χ1) is 8.31. The van der Waals surface area contributed by atoms with E-state index >= 15 is 0 Å². The second-order valence-electron chi connectivity index (χ2n) is 4.14. The second-order valence-corrected chi connectivity index (χ2v) is 4.14. The maximum absolute atomic E-state index is 8.39. The number of methoxy groups -OCH3 is 1. The molecule has 1 aromatic carbocycles. The zero-order chi connectivity index (χ0) is 12.1. The van der Waals surface area contributed by atoms with E-state index < -0.39 is 0 Å². The predicted molar refractivity (Wildman–Crippen MR) is 65.0 cm³/mol. The number of hydrogen-bond acceptors (Lipinski definition) is 4. The number of rotatable bonds is 5. The Hall–Kier alpha value is -1.73. The molecule has 1 aliphatic rings. The van der Waals surface area contributed by atoms with Crippen molar-refractivity contribution < 1.29 is 9.47 Å². The minimum Gasteiger partial charge on any atom is -0.479 e. The zero-order valence-electron chi connectivity index (χ0n) is 9.85. The van der Waals surface area contributed by atoms with Crippen LogP contribution in [-0.2, 0) is 4.74 Å². The van der Waals surface area contributed by atoms with Gasteiger partial charge in [0.25, 0.3) is 0 Å². The third-order valence-electron chi connectivity index (χ3n) is 2.96. The lowest BCUT2D eigenvalue weighted by Gasteiger charge is -2.35. The lowest BCUT2D eigenvalue weighted by molar-refractivity contribution is 0.0329. The molecule has 0 saturated heterocycles. The molecule has 0 bridgehead atoms. The third-order valence-corrected chi connectivity index (χ3v) is 2.96. The molecule has 0 aliphatic heterocycles. The van der Waals surface area contributed by atoms with Gasteiger partial charge in [0.15, 0.2) is 6.61 Å². The van der Waals surface area contributed by atoms with Gasteiger partial charge in [-0.25, -0.2) is 0 Å². The van der Waals surface area contributed by atoms with Crippen molar-refractivity contribution in [2.45, 2.75) is 25.0 Å². The molecule has 0 aromatic heterocycles. The van der Waals surface area contributed by atoms with Crippen LogP contribution >= 0.6 is 0 Å². The smallest absolute Gasteiger partial charge is 0.174 e. The van der Waals surface area contributed by atoms with Crippen LogP contribution in [0, 0.1) is 11.3 Å². The van der Waals surface area contributed by atoms with Gasteiger partial charge in [-0.05, 0) is 37.1 Å². The van der Waals surface area contributed by atoms with Gasteiger partial charge in [-0.15, -0.1) is 0 Å². The van der Waals surface area contributed by atoms with Crippen molar-refractivity contribution in [2.75, 3.05) is 19.0 Å². The van der Waals surface area contributed by atoms with E-state index in [0.29, 0.717) is 12.1 Å². The molecule has 4 heteroatoms. The molecular formula is C13H16N2O2. The molecular weight excluding hydrogens is 216 g/mol. The SMILES string of the molecule is COC1CC(Nc2ccc(OCC#N)cc2)C1. The fourth-order valence-corrected chi connectivity index (χ4v) is 1.87. The average molecular weight is 232 g/mol. The largest absolute Gasteiger partial charge is 0.479 e. The van der Waals surface area contributed by atoms with E-state index in [2.05, 4.69) is 5.32 Å². The number of ether oxygens (including phenoxy) is 2. The molecule has 1 saturated carbocycles. The van der Waals surface area contributed by atoms with Crippen LogP contribution in [0.1, 0.15) is 12.8 Å². The summed E-state index contributed by atoms with van der Waals surface area (Å²) in [5.74, 6) is 0.723. The Morgan fingerprint density at radius 2 is 2.06 bits per heavy atom. The van der Waals surface area contributed by atoms with Gasteiger partial charge in [-0.1, -0.05) is 0 Å². The van der Waals surface area contributed by atoms with Crippen LogP contribution in [0.4, 0.5) is 5.69 Å². The molecule has 0 radical (unpaired) electrons. The molecule has 0 spiro atoms. The molecule has 1 N–H and O–H groups in total. The summed E-state index contributed by atoms with van der Waals surface area (Å²) < 4.78 is 10.4. The van der Waals surface area contributed by atoms with Gasteiger partial charge >= 0.3 is 0 Å². The van der Waals surface area contributed by atoms with Crippen LogP contribution in [-0.4, -0.2) is 25.9 Å². The lowest BCUT2D eigenvalue weighted by Crippen LogP contribution is -2.40. The summed E-state index contributed by atoms with van der Waals surface area (Å²) in [6, 6.07) is 10.1. The molecule has 2 rings (SSSR count). The topological polar surface area (TPSA) is 54.3 Å². The Morgan fingerprint density at radius 1 is 1.35 bits per heavy atom. The Balaban J connectivity index is 1.80.